The molecule has 0 saturated heterocycles. The third kappa shape index (κ3) is 2.37. The number of aromatic nitrogens is 4. The van der Waals surface area contributed by atoms with Crippen LogP contribution in [0.5, 0.6) is 0 Å². The predicted molar refractivity (Wildman–Crippen MR) is 67.0 cm³/mol. The Morgan fingerprint density at radius 1 is 1.35 bits per heavy atom. The lowest BCUT2D eigenvalue weighted by Gasteiger charge is -2.03. The molecule has 0 radical (unpaired) electrons. The molecule has 88 valence electrons. The summed E-state index contributed by atoms with van der Waals surface area (Å²) in [5.74, 6) is 0. The van der Waals surface area contributed by atoms with Gasteiger partial charge in [0.1, 0.15) is 0 Å². The van der Waals surface area contributed by atoms with Crippen LogP contribution in [0, 0.1) is 0 Å². The van der Waals surface area contributed by atoms with Crippen molar-refractivity contribution in [2.45, 2.75) is 13.1 Å². The van der Waals surface area contributed by atoms with Crippen molar-refractivity contribution in [2.24, 2.45) is 0 Å². The zero-order valence-electron chi connectivity index (χ0n) is 9.28. The Morgan fingerprint density at radius 2 is 2.35 bits per heavy atom. The van der Waals surface area contributed by atoms with E-state index in [2.05, 4.69) is 30.4 Å². The van der Waals surface area contributed by atoms with Crippen LogP contribution < -0.4 is 5.32 Å². The number of hydrogen-bond donors (Lipinski definition) is 1. The number of fused-ring (bicyclic) bond motifs is 1. The van der Waals surface area contributed by atoms with E-state index in [4.69, 9.17) is 0 Å². The summed E-state index contributed by atoms with van der Waals surface area (Å²) < 4.78 is 4.11. The molecule has 0 bridgehead atoms. The van der Waals surface area contributed by atoms with Crippen molar-refractivity contribution in [3.05, 3.63) is 42.2 Å². The first-order valence-electron chi connectivity index (χ1n) is 5.49. The van der Waals surface area contributed by atoms with Gasteiger partial charge >= 0.3 is 0 Å². The lowest BCUT2D eigenvalue weighted by atomic mass is 10.4. The summed E-state index contributed by atoms with van der Waals surface area (Å²) in [5.41, 5.74) is 1.09. The van der Waals surface area contributed by atoms with E-state index >= 15 is 0 Å². The van der Waals surface area contributed by atoms with E-state index in [-0.39, 0.29) is 0 Å². The number of imidazole rings is 2. The van der Waals surface area contributed by atoms with E-state index in [9.17, 15) is 0 Å². The Bertz CT molecular complexity index is 551. The number of thiazole rings is 1. The average molecular weight is 247 g/mol. The first-order valence-corrected chi connectivity index (χ1v) is 6.37. The third-order valence-electron chi connectivity index (χ3n) is 2.56. The van der Waals surface area contributed by atoms with Gasteiger partial charge in [0.2, 0.25) is 0 Å². The summed E-state index contributed by atoms with van der Waals surface area (Å²) in [6.45, 7) is 2.66. The van der Waals surface area contributed by atoms with Gasteiger partial charge in [-0.25, -0.2) is 9.97 Å². The van der Waals surface area contributed by atoms with Crippen LogP contribution in [0.3, 0.4) is 0 Å². The largest absolute Gasteiger partial charge is 0.336 e. The standard InChI is InChI=1S/C11H13N5S/c1(3-15-4-2-13-9-15)12-7-10-8-16-5-6-17-11(16)14-10/h2,4-6,8-9,12H,1,3,7H2. The minimum Gasteiger partial charge on any atom is -0.336 e. The van der Waals surface area contributed by atoms with Crippen LogP contribution in [0.1, 0.15) is 5.69 Å². The van der Waals surface area contributed by atoms with Gasteiger partial charge in [-0.3, -0.25) is 4.40 Å². The lowest BCUT2D eigenvalue weighted by Crippen LogP contribution is -2.19. The average Bonchev–Trinajstić information content (AvgIpc) is 3.00. The molecule has 0 aromatic carbocycles. The smallest absolute Gasteiger partial charge is 0.193 e. The summed E-state index contributed by atoms with van der Waals surface area (Å²) in [4.78, 5) is 9.56. The second-order valence-electron chi connectivity index (χ2n) is 3.80. The molecule has 17 heavy (non-hydrogen) atoms. The number of hydrogen-bond acceptors (Lipinski definition) is 4. The van der Waals surface area contributed by atoms with E-state index in [0.29, 0.717) is 0 Å². The lowest BCUT2D eigenvalue weighted by molar-refractivity contribution is 0.593. The van der Waals surface area contributed by atoms with Gasteiger partial charge in [0.05, 0.1) is 12.0 Å². The van der Waals surface area contributed by atoms with Gasteiger partial charge in [-0.15, -0.1) is 11.3 Å². The van der Waals surface area contributed by atoms with Crippen LogP contribution in [-0.2, 0) is 13.1 Å². The highest BCUT2D eigenvalue weighted by atomic mass is 32.1. The Morgan fingerprint density at radius 3 is 3.18 bits per heavy atom. The van der Waals surface area contributed by atoms with Crippen molar-refractivity contribution in [2.75, 3.05) is 6.54 Å². The van der Waals surface area contributed by atoms with Crippen LogP contribution in [0.25, 0.3) is 4.96 Å². The van der Waals surface area contributed by atoms with Crippen LogP contribution in [-0.4, -0.2) is 25.5 Å². The fourth-order valence-electron chi connectivity index (χ4n) is 1.70. The predicted octanol–water partition coefficient (Wildman–Crippen LogP) is 1.38. The molecule has 0 aliphatic heterocycles. The molecule has 0 aliphatic carbocycles. The van der Waals surface area contributed by atoms with Gasteiger partial charge in [-0.2, -0.15) is 0 Å². The molecule has 3 aromatic rings. The SMILES string of the molecule is c1cn(CCNCc2cn3ccsc3n2)cn1. The molecular weight excluding hydrogens is 234 g/mol. The molecule has 0 amide bonds. The van der Waals surface area contributed by atoms with Crippen LogP contribution in [0.2, 0.25) is 0 Å². The minimum absolute atomic E-state index is 0.809. The van der Waals surface area contributed by atoms with Gasteiger partial charge in [-0.05, 0) is 0 Å². The first-order chi connectivity index (χ1) is 8.42. The van der Waals surface area contributed by atoms with Gasteiger partial charge < -0.3 is 9.88 Å². The first kappa shape index (κ1) is 10.5. The number of nitrogens with zero attached hydrogens (tertiary/aromatic N) is 4. The molecule has 3 heterocycles. The maximum Gasteiger partial charge on any atom is 0.193 e. The molecule has 3 aromatic heterocycles. The third-order valence-corrected chi connectivity index (χ3v) is 3.33. The van der Waals surface area contributed by atoms with Gasteiger partial charge in [0, 0.05) is 49.8 Å². The van der Waals surface area contributed by atoms with E-state index < -0.39 is 0 Å². The second-order valence-corrected chi connectivity index (χ2v) is 4.68. The minimum atomic E-state index is 0.809. The molecular formula is C11H13N5S. The van der Waals surface area contributed by atoms with Gasteiger partial charge in [-0.1, -0.05) is 0 Å². The highest BCUT2D eigenvalue weighted by Gasteiger charge is 2.01. The summed E-state index contributed by atoms with van der Waals surface area (Å²) >= 11 is 1.66. The van der Waals surface area contributed by atoms with E-state index in [1.54, 1.807) is 17.5 Å². The second kappa shape index (κ2) is 4.68. The van der Waals surface area contributed by atoms with Crippen molar-refractivity contribution < 1.29 is 0 Å². The highest BCUT2D eigenvalue weighted by molar-refractivity contribution is 7.15. The van der Waals surface area contributed by atoms with Crippen LogP contribution in [0.15, 0.2) is 36.5 Å². The normalized spacial score (nSPS) is 11.3. The van der Waals surface area contributed by atoms with Crippen LogP contribution in [0.4, 0.5) is 0 Å². The van der Waals surface area contributed by atoms with Gasteiger partial charge in [0.15, 0.2) is 4.96 Å². The van der Waals surface area contributed by atoms with Crippen molar-refractivity contribution in [1.29, 1.82) is 0 Å². The summed E-state index contributed by atoms with van der Waals surface area (Å²) in [5, 5.41) is 5.41. The quantitative estimate of drug-likeness (QED) is 0.693. The zero-order chi connectivity index (χ0) is 11.5. The summed E-state index contributed by atoms with van der Waals surface area (Å²) in [7, 11) is 0. The summed E-state index contributed by atoms with van der Waals surface area (Å²) in [6, 6.07) is 0. The molecule has 1 N–H and O–H groups in total. The molecule has 0 spiro atoms. The molecule has 0 fully saturated rings. The fraction of sp³-hybridized carbons (Fsp3) is 0.273. The number of rotatable bonds is 5. The maximum atomic E-state index is 4.51. The monoisotopic (exact) mass is 247 g/mol. The van der Waals surface area contributed by atoms with Crippen molar-refractivity contribution >= 4 is 16.3 Å². The summed E-state index contributed by atoms with van der Waals surface area (Å²) in [6.07, 6.45) is 9.68. The number of nitrogens with one attached hydrogen (secondary N) is 1. The topological polar surface area (TPSA) is 47.2 Å². The highest BCUT2D eigenvalue weighted by Crippen LogP contribution is 2.10. The molecule has 0 aliphatic rings. The molecule has 5 nitrogen and oxygen atoms in total. The van der Waals surface area contributed by atoms with Crippen molar-refractivity contribution in [3.63, 3.8) is 0 Å². The Balaban J connectivity index is 1.49. The molecule has 0 atom stereocenters. The Labute approximate surface area is 103 Å². The molecule has 0 saturated carbocycles. The maximum absolute atomic E-state index is 4.51. The Kier molecular flexibility index (Phi) is 2.89. The van der Waals surface area contributed by atoms with Crippen molar-refractivity contribution in [1.82, 2.24) is 24.3 Å². The van der Waals surface area contributed by atoms with Gasteiger partial charge in [0.25, 0.3) is 0 Å². The zero-order valence-corrected chi connectivity index (χ0v) is 10.1. The molecule has 0 unspecified atom stereocenters. The molecule has 6 heteroatoms. The van der Waals surface area contributed by atoms with Crippen LogP contribution >= 0.6 is 11.3 Å². The van der Waals surface area contributed by atoms with E-state index in [0.717, 1.165) is 30.3 Å². The Hall–Kier alpha value is -1.66. The van der Waals surface area contributed by atoms with E-state index in [1.165, 1.54) is 0 Å². The molecule has 3 rings (SSSR count). The van der Waals surface area contributed by atoms with E-state index in [1.807, 2.05) is 24.1 Å². The van der Waals surface area contributed by atoms with Crippen molar-refractivity contribution in [3.8, 4) is 0 Å². The fourth-order valence-corrected chi connectivity index (χ4v) is 2.42.